The van der Waals surface area contributed by atoms with Crippen molar-refractivity contribution >= 4 is 22.9 Å². The quantitative estimate of drug-likeness (QED) is 0.884. The summed E-state index contributed by atoms with van der Waals surface area (Å²) in [7, 11) is 0. The number of aryl methyl sites for hydroxylation is 1. The first-order valence-corrected chi connectivity index (χ1v) is 6.52. The van der Waals surface area contributed by atoms with Crippen molar-refractivity contribution in [1.29, 1.82) is 0 Å². The van der Waals surface area contributed by atoms with Crippen LogP contribution in [0.3, 0.4) is 0 Å². The lowest BCUT2D eigenvalue weighted by atomic mass is 10.2. The fourth-order valence-electron chi connectivity index (χ4n) is 1.55. The molecule has 2 rings (SSSR count). The molecule has 0 fully saturated rings. The van der Waals surface area contributed by atoms with Gasteiger partial charge >= 0.3 is 0 Å². The highest BCUT2D eigenvalue weighted by atomic mass is 32.1. The molecule has 18 heavy (non-hydrogen) atoms. The number of nitrogen functional groups attached to an aromatic ring is 1. The SMILES string of the molecule is Cc1sc(C(=O)NCCc2ccccn2)cc1N. The van der Waals surface area contributed by atoms with Crippen LogP contribution in [-0.2, 0) is 6.42 Å². The zero-order valence-corrected chi connectivity index (χ0v) is 11.0. The van der Waals surface area contributed by atoms with E-state index in [0.717, 1.165) is 17.0 Å². The fraction of sp³-hybridized carbons (Fsp3) is 0.231. The van der Waals surface area contributed by atoms with Crippen molar-refractivity contribution in [3.8, 4) is 0 Å². The molecule has 4 nitrogen and oxygen atoms in total. The van der Waals surface area contributed by atoms with Crippen LogP contribution in [0.4, 0.5) is 5.69 Å². The number of nitrogens with one attached hydrogen (secondary N) is 1. The van der Waals surface area contributed by atoms with Gasteiger partial charge in [0.05, 0.1) is 4.88 Å². The number of rotatable bonds is 4. The molecule has 1 amide bonds. The molecule has 0 aromatic carbocycles. The van der Waals surface area contributed by atoms with E-state index in [1.165, 1.54) is 11.3 Å². The largest absolute Gasteiger partial charge is 0.398 e. The number of hydrogen-bond donors (Lipinski definition) is 2. The first-order chi connectivity index (χ1) is 8.66. The molecule has 0 aliphatic heterocycles. The number of pyridine rings is 1. The van der Waals surface area contributed by atoms with Crippen LogP contribution in [0.25, 0.3) is 0 Å². The average Bonchev–Trinajstić information content (AvgIpc) is 2.71. The topological polar surface area (TPSA) is 68.0 Å². The van der Waals surface area contributed by atoms with Crippen LogP contribution >= 0.6 is 11.3 Å². The predicted molar refractivity (Wildman–Crippen MR) is 73.7 cm³/mol. The van der Waals surface area contributed by atoms with Crippen LogP contribution in [0.5, 0.6) is 0 Å². The monoisotopic (exact) mass is 261 g/mol. The molecular weight excluding hydrogens is 246 g/mol. The van der Waals surface area contributed by atoms with Gasteiger partial charge < -0.3 is 11.1 Å². The predicted octanol–water partition coefficient (Wildman–Crippen LogP) is 2.01. The molecule has 0 spiro atoms. The van der Waals surface area contributed by atoms with Gasteiger partial charge in [-0.3, -0.25) is 9.78 Å². The van der Waals surface area contributed by atoms with Gasteiger partial charge in [-0.2, -0.15) is 0 Å². The minimum Gasteiger partial charge on any atom is -0.398 e. The van der Waals surface area contributed by atoms with Gasteiger partial charge in [-0.05, 0) is 25.1 Å². The highest BCUT2D eigenvalue weighted by Gasteiger charge is 2.10. The molecule has 2 aromatic heterocycles. The van der Waals surface area contributed by atoms with E-state index in [1.54, 1.807) is 12.3 Å². The molecule has 0 atom stereocenters. The molecule has 0 unspecified atom stereocenters. The first-order valence-electron chi connectivity index (χ1n) is 5.71. The Morgan fingerprint density at radius 1 is 1.50 bits per heavy atom. The second kappa shape index (κ2) is 5.64. The summed E-state index contributed by atoms with van der Waals surface area (Å²) in [6.07, 6.45) is 2.48. The summed E-state index contributed by atoms with van der Waals surface area (Å²) in [5.74, 6) is -0.0734. The Hall–Kier alpha value is -1.88. The van der Waals surface area contributed by atoms with Crippen molar-refractivity contribution in [2.75, 3.05) is 12.3 Å². The van der Waals surface area contributed by atoms with Gasteiger partial charge in [0.1, 0.15) is 0 Å². The zero-order chi connectivity index (χ0) is 13.0. The third-order valence-electron chi connectivity index (χ3n) is 2.57. The molecule has 2 heterocycles. The van der Waals surface area contributed by atoms with Crippen molar-refractivity contribution in [3.05, 3.63) is 45.9 Å². The Balaban J connectivity index is 1.85. The summed E-state index contributed by atoms with van der Waals surface area (Å²) in [5, 5.41) is 2.86. The Morgan fingerprint density at radius 3 is 2.94 bits per heavy atom. The van der Waals surface area contributed by atoms with Gasteiger partial charge in [-0.25, -0.2) is 0 Å². The van der Waals surface area contributed by atoms with Crippen LogP contribution in [0.2, 0.25) is 0 Å². The lowest BCUT2D eigenvalue weighted by Gasteiger charge is -2.02. The molecule has 0 saturated heterocycles. The second-order valence-corrected chi connectivity index (χ2v) is 5.21. The number of carbonyl (C=O) groups is 1. The standard InChI is InChI=1S/C13H15N3OS/c1-9-11(14)8-12(18-9)13(17)16-7-5-10-4-2-3-6-15-10/h2-4,6,8H,5,7,14H2,1H3,(H,16,17). The fourth-order valence-corrected chi connectivity index (χ4v) is 2.40. The van der Waals surface area contributed by atoms with Crippen molar-refractivity contribution in [2.24, 2.45) is 0 Å². The molecule has 0 aliphatic rings. The highest BCUT2D eigenvalue weighted by Crippen LogP contribution is 2.22. The van der Waals surface area contributed by atoms with Crippen molar-refractivity contribution in [1.82, 2.24) is 10.3 Å². The third-order valence-corrected chi connectivity index (χ3v) is 3.64. The van der Waals surface area contributed by atoms with Gasteiger partial charge in [-0.1, -0.05) is 6.07 Å². The highest BCUT2D eigenvalue weighted by molar-refractivity contribution is 7.14. The maximum absolute atomic E-state index is 11.8. The van der Waals surface area contributed by atoms with E-state index >= 15 is 0 Å². The van der Waals surface area contributed by atoms with Crippen LogP contribution in [0.1, 0.15) is 20.2 Å². The summed E-state index contributed by atoms with van der Waals surface area (Å²) < 4.78 is 0. The summed E-state index contributed by atoms with van der Waals surface area (Å²) >= 11 is 1.42. The molecule has 0 saturated carbocycles. The van der Waals surface area contributed by atoms with E-state index in [1.807, 2.05) is 25.1 Å². The maximum Gasteiger partial charge on any atom is 0.261 e. The summed E-state index contributed by atoms with van der Waals surface area (Å²) in [5.41, 5.74) is 7.37. The van der Waals surface area contributed by atoms with Crippen LogP contribution < -0.4 is 11.1 Å². The van der Waals surface area contributed by atoms with Crippen molar-refractivity contribution in [2.45, 2.75) is 13.3 Å². The number of nitrogens with two attached hydrogens (primary N) is 1. The molecule has 0 aliphatic carbocycles. The summed E-state index contributed by atoms with van der Waals surface area (Å²) in [6.45, 7) is 2.48. The Bertz CT molecular complexity index is 517. The van der Waals surface area contributed by atoms with Crippen LogP contribution in [0, 0.1) is 6.92 Å². The number of thiophene rings is 1. The first kappa shape index (κ1) is 12.6. The minimum atomic E-state index is -0.0734. The number of amides is 1. The van der Waals surface area contributed by atoms with Crippen molar-refractivity contribution < 1.29 is 4.79 Å². The lowest BCUT2D eigenvalue weighted by molar-refractivity contribution is 0.0958. The van der Waals surface area contributed by atoms with E-state index in [-0.39, 0.29) is 5.91 Å². The van der Waals surface area contributed by atoms with Gasteiger partial charge in [-0.15, -0.1) is 11.3 Å². The lowest BCUT2D eigenvalue weighted by Crippen LogP contribution is -2.25. The maximum atomic E-state index is 11.8. The van der Waals surface area contributed by atoms with E-state index in [9.17, 15) is 4.79 Å². The third kappa shape index (κ3) is 3.07. The second-order valence-electron chi connectivity index (χ2n) is 3.95. The normalized spacial score (nSPS) is 10.3. The molecular formula is C13H15N3OS. The van der Waals surface area contributed by atoms with E-state index in [2.05, 4.69) is 10.3 Å². The summed E-state index contributed by atoms with van der Waals surface area (Å²) in [4.78, 5) is 17.7. The van der Waals surface area contributed by atoms with Gasteiger partial charge in [0.25, 0.3) is 5.91 Å². The smallest absolute Gasteiger partial charge is 0.261 e. The molecule has 94 valence electrons. The zero-order valence-electron chi connectivity index (χ0n) is 10.1. The number of nitrogens with zero attached hydrogens (tertiary/aromatic N) is 1. The number of hydrogen-bond acceptors (Lipinski definition) is 4. The molecule has 5 heteroatoms. The molecule has 0 radical (unpaired) electrons. The van der Waals surface area contributed by atoms with E-state index in [0.29, 0.717) is 17.1 Å². The number of aromatic nitrogens is 1. The van der Waals surface area contributed by atoms with E-state index < -0.39 is 0 Å². The minimum absolute atomic E-state index is 0.0734. The Labute approximate surface area is 110 Å². The van der Waals surface area contributed by atoms with Gasteiger partial charge in [0.2, 0.25) is 0 Å². The van der Waals surface area contributed by atoms with Crippen LogP contribution in [0.15, 0.2) is 30.5 Å². The van der Waals surface area contributed by atoms with Crippen molar-refractivity contribution in [3.63, 3.8) is 0 Å². The van der Waals surface area contributed by atoms with E-state index in [4.69, 9.17) is 5.73 Å². The number of anilines is 1. The van der Waals surface area contributed by atoms with Crippen LogP contribution in [-0.4, -0.2) is 17.4 Å². The Kier molecular flexibility index (Phi) is 3.94. The Morgan fingerprint density at radius 2 is 2.33 bits per heavy atom. The number of carbonyl (C=O) groups excluding carboxylic acids is 1. The average molecular weight is 261 g/mol. The molecule has 0 bridgehead atoms. The molecule has 2 aromatic rings. The van der Waals surface area contributed by atoms with Gasteiger partial charge in [0, 0.05) is 35.4 Å². The van der Waals surface area contributed by atoms with Gasteiger partial charge in [0.15, 0.2) is 0 Å². The summed E-state index contributed by atoms with van der Waals surface area (Å²) in [6, 6.07) is 7.47. The molecule has 3 N–H and O–H groups in total.